The van der Waals surface area contributed by atoms with E-state index in [0.717, 1.165) is 0 Å². The Labute approximate surface area is 120 Å². The van der Waals surface area contributed by atoms with Gasteiger partial charge in [0.25, 0.3) is 0 Å². The molecule has 20 heavy (non-hydrogen) atoms. The van der Waals surface area contributed by atoms with Crippen LogP contribution >= 0.6 is 0 Å². The molecule has 2 rings (SSSR count). The second-order valence-electron chi connectivity index (χ2n) is 7.00. The first-order valence-corrected chi connectivity index (χ1v) is 10.4. The Morgan fingerprint density at radius 3 is 2.35 bits per heavy atom. The molecule has 6 nitrogen and oxygen atoms in total. The SMILES string of the molecule is CC1(C)O[C@H]2O[C@H]([C@H](O)C(O)C(=O)[Si](C)(C)C)C[C@H]2O1. The van der Waals surface area contributed by atoms with Crippen molar-refractivity contribution in [3.63, 3.8) is 0 Å². The number of hydrogen-bond acceptors (Lipinski definition) is 6. The lowest BCUT2D eigenvalue weighted by atomic mass is 10.1. The molecular formula is C13H24O6Si. The molecule has 0 saturated carbocycles. The van der Waals surface area contributed by atoms with E-state index in [-0.39, 0.29) is 11.5 Å². The number of carbonyl (C=O) groups is 1. The summed E-state index contributed by atoms with van der Waals surface area (Å²) in [5.74, 6) is -0.696. The zero-order chi connectivity index (χ0) is 15.3. The van der Waals surface area contributed by atoms with Crippen molar-refractivity contribution in [2.45, 2.75) is 76.4 Å². The maximum atomic E-state index is 12.0. The van der Waals surface area contributed by atoms with Crippen LogP contribution in [0.1, 0.15) is 20.3 Å². The fourth-order valence-corrected chi connectivity index (χ4v) is 3.61. The van der Waals surface area contributed by atoms with Gasteiger partial charge in [-0.3, -0.25) is 0 Å². The Balaban J connectivity index is 1.96. The number of fused-ring (bicyclic) bond motifs is 1. The predicted octanol–water partition coefficient (Wildman–Crippen LogP) is 0.421. The Hall–Kier alpha value is -0.313. The van der Waals surface area contributed by atoms with E-state index in [9.17, 15) is 15.0 Å². The highest BCUT2D eigenvalue weighted by atomic mass is 28.3. The molecule has 2 heterocycles. The average molecular weight is 304 g/mol. The van der Waals surface area contributed by atoms with E-state index >= 15 is 0 Å². The molecule has 0 aromatic rings. The molecule has 2 fully saturated rings. The highest BCUT2D eigenvalue weighted by Crippen LogP contribution is 2.38. The number of ether oxygens (including phenoxy) is 3. The van der Waals surface area contributed by atoms with Gasteiger partial charge < -0.3 is 29.2 Å². The summed E-state index contributed by atoms with van der Waals surface area (Å²) in [4.78, 5) is 12.0. The number of carbonyl (C=O) groups excluding carboxylic acids is 1. The summed E-state index contributed by atoms with van der Waals surface area (Å²) in [6.45, 7) is 9.10. The molecule has 5 atom stereocenters. The lowest BCUT2D eigenvalue weighted by Crippen LogP contribution is -2.51. The molecule has 2 N–H and O–H groups in total. The average Bonchev–Trinajstić information content (AvgIpc) is 2.78. The van der Waals surface area contributed by atoms with Gasteiger partial charge in [0.1, 0.15) is 31.8 Å². The van der Waals surface area contributed by atoms with Crippen LogP contribution < -0.4 is 0 Å². The van der Waals surface area contributed by atoms with E-state index in [0.29, 0.717) is 6.42 Å². The highest BCUT2D eigenvalue weighted by Gasteiger charge is 2.51. The van der Waals surface area contributed by atoms with Crippen molar-refractivity contribution in [1.29, 1.82) is 0 Å². The van der Waals surface area contributed by atoms with Crippen LogP contribution in [-0.2, 0) is 19.0 Å². The normalized spacial score (nSPS) is 35.6. The summed E-state index contributed by atoms with van der Waals surface area (Å²) in [7, 11) is -2.16. The van der Waals surface area contributed by atoms with Crippen molar-refractivity contribution in [3.8, 4) is 0 Å². The van der Waals surface area contributed by atoms with Crippen LogP contribution in [0, 0.1) is 0 Å². The molecule has 2 aliphatic rings. The third-order valence-corrected chi connectivity index (χ3v) is 5.40. The van der Waals surface area contributed by atoms with Gasteiger partial charge in [0, 0.05) is 6.42 Å². The second kappa shape index (κ2) is 5.15. The van der Waals surface area contributed by atoms with Crippen molar-refractivity contribution in [3.05, 3.63) is 0 Å². The summed E-state index contributed by atoms with van der Waals surface area (Å²) in [6, 6.07) is 0. The lowest BCUT2D eigenvalue weighted by molar-refractivity contribution is -0.218. The predicted molar refractivity (Wildman–Crippen MR) is 73.7 cm³/mol. The Morgan fingerprint density at radius 2 is 1.85 bits per heavy atom. The van der Waals surface area contributed by atoms with Crippen LogP contribution in [0.4, 0.5) is 0 Å². The van der Waals surface area contributed by atoms with Gasteiger partial charge in [-0.1, -0.05) is 19.6 Å². The van der Waals surface area contributed by atoms with Crippen molar-refractivity contribution in [1.82, 2.24) is 0 Å². The van der Waals surface area contributed by atoms with Crippen LogP contribution in [0.2, 0.25) is 19.6 Å². The van der Waals surface area contributed by atoms with Crippen molar-refractivity contribution >= 4 is 13.5 Å². The van der Waals surface area contributed by atoms with Gasteiger partial charge in [-0.25, -0.2) is 0 Å². The van der Waals surface area contributed by atoms with Crippen molar-refractivity contribution in [2.75, 3.05) is 0 Å². The third kappa shape index (κ3) is 3.13. The van der Waals surface area contributed by atoms with E-state index in [1.165, 1.54) is 0 Å². The van der Waals surface area contributed by atoms with Gasteiger partial charge in [-0.2, -0.15) is 0 Å². The quantitative estimate of drug-likeness (QED) is 0.732. The lowest BCUT2D eigenvalue weighted by Gasteiger charge is -2.28. The molecule has 0 aliphatic carbocycles. The first kappa shape index (κ1) is 16.1. The van der Waals surface area contributed by atoms with Crippen LogP contribution in [0.5, 0.6) is 0 Å². The number of aliphatic hydroxyl groups is 2. The maximum absolute atomic E-state index is 12.0. The van der Waals surface area contributed by atoms with Gasteiger partial charge in [0.15, 0.2) is 12.1 Å². The largest absolute Gasteiger partial charge is 0.387 e. The van der Waals surface area contributed by atoms with E-state index < -0.39 is 38.5 Å². The molecular weight excluding hydrogens is 280 g/mol. The van der Waals surface area contributed by atoms with E-state index in [4.69, 9.17) is 14.2 Å². The van der Waals surface area contributed by atoms with Crippen molar-refractivity contribution < 1.29 is 29.2 Å². The van der Waals surface area contributed by atoms with Crippen LogP contribution in [0.3, 0.4) is 0 Å². The number of hydrogen-bond donors (Lipinski definition) is 2. The minimum absolute atomic E-state index is 0.265. The molecule has 1 unspecified atom stereocenters. The van der Waals surface area contributed by atoms with Crippen LogP contribution in [-0.4, -0.2) is 60.2 Å². The smallest absolute Gasteiger partial charge is 0.187 e. The fourth-order valence-electron chi connectivity index (χ4n) is 2.56. The first-order valence-electron chi connectivity index (χ1n) is 6.93. The Bertz CT molecular complexity index is 375. The van der Waals surface area contributed by atoms with Gasteiger partial charge >= 0.3 is 0 Å². The monoisotopic (exact) mass is 304 g/mol. The van der Waals surface area contributed by atoms with Crippen LogP contribution in [0.15, 0.2) is 0 Å². The zero-order valence-corrected chi connectivity index (χ0v) is 13.6. The van der Waals surface area contributed by atoms with Gasteiger partial charge in [-0.15, -0.1) is 0 Å². The zero-order valence-electron chi connectivity index (χ0n) is 12.6. The molecule has 0 aromatic carbocycles. The number of aliphatic hydroxyl groups excluding tert-OH is 2. The molecule has 0 aromatic heterocycles. The fraction of sp³-hybridized carbons (Fsp3) is 0.923. The summed E-state index contributed by atoms with van der Waals surface area (Å²) >= 11 is 0. The summed E-state index contributed by atoms with van der Waals surface area (Å²) < 4.78 is 16.8. The number of rotatable bonds is 4. The van der Waals surface area contributed by atoms with Gasteiger partial charge in [0.2, 0.25) is 0 Å². The Kier molecular flexibility index (Phi) is 4.14. The third-order valence-electron chi connectivity index (χ3n) is 3.62. The minimum atomic E-state index is -2.16. The van der Waals surface area contributed by atoms with E-state index in [1.54, 1.807) is 13.8 Å². The summed E-state index contributed by atoms with van der Waals surface area (Å²) in [5.41, 5.74) is 0. The molecule has 116 valence electrons. The van der Waals surface area contributed by atoms with Gasteiger partial charge in [-0.05, 0) is 13.8 Å². The van der Waals surface area contributed by atoms with Crippen LogP contribution in [0.25, 0.3) is 0 Å². The first-order chi connectivity index (χ1) is 9.01. The molecule has 2 aliphatic heterocycles. The topological polar surface area (TPSA) is 85.2 Å². The van der Waals surface area contributed by atoms with E-state index in [2.05, 4.69) is 0 Å². The van der Waals surface area contributed by atoms with Crippen molar-refractivity contribution in [2.24, 2.45) is 0 Å². The van der Waals surface area contributed by atoms with Gasteiger partial charge in [0.05, 0.1) is 6.10 Å². The molecule has 0 radical (unpaired) electrons. The molecule has 0 amide bonds. The minimum Gasteiger partial charge on any atom is -0.387 e. The molecule has 0 bridgehead atoms. The summed E-state index contributed by atoms with van der Waals surface area (Å²) in [6.07, 6.45) is -3.69. The maximum Gasteiger partial charge on any atom is 0.187 e. The summed E-state index contributed by atoms with van der Waals surface area (Å²) in [5, 5.41) is 19.9. The molecule has 7 heteroatoms. The second-order valence-corrected chi connectivity index (χ2v) is 12.0. The highest BCUT2D eigenvalue weighted by molar-refractivity contribution is 7.04. The molecule has 0 spiro atoms. The molecule has 2 saturated heterocycles. The van der Waals surface area contributed by atoms with E-state index in [1.807, 2.05) is 19.6 Å². The Morgan fingerprint density at radius 1 is 1.25 bits per heavy atom. The standard InChI is InChI=1S/C13H24O6Si/c1-13(2)18-8-6-7(17-12(8)19-13)9(14)10(15)11(16)20(3,4)5/h7-10,12,14-15H,6H2,1-5H3/t7-,8+,9-,10?,12+/m0/s1.